The number of rotatable bonds is 2. The van der Waals surface area contributed by atoms with Crippen molar-refractivity contribution in [2.24, 2.45) is 0 Å². The highest BCUT2D eigenvalue weighted by molar-refractivity contribution is 5.61. The van der Waals surface area contributed by atoms with Gasteiger partial charge in [0, 0.05) is 11.8 Å². The largest absolute Gasteiger partial charge is 0.497 e. The van der Waals surface area contributed by atoms with Crippen molar-refractivity contribution in [3.8, 4) is 17.0 Å². The maximum absolute atomic E-state index is 5.21. The summed E-state index contributed by atoms with van der Waals surface area (Å²) in [4.78, 5) is 4.39. The van der Waals surface area contributed by atoms with Crippen LogP contribution in [0.15, 0.2) is 36.7 Å². The molecule has 0 fully saturated rings. The maximum atomic E-state index is 5.21. The normalized spacial score (nSPS) is 10.8. The van der Waals surface area contributed by atoms with Crippen LogP contribution >= 0.6 is 0 Å². The molecule has 2 aromatic heterocycles. The zero-order valence-corrected chi connectivity index (χ0v) is 10.2. The summed E-state index contributed by atoms with van der Waals surface area (Å²) >= 11 is 0. The second-order valence-electron chi connectivity index (χ2n) is 3.98. The molecule has 2 heterocycles. The lowest BCUT2D eigenvalue weighted by molar-refractivity contribution is 0.415. The fraction of sp³-hybridized carbons (Fsp3) is 0.154. The molecule has 0 saturated carbocycles. The quantitative estimate of drug-likeness (QED) is 0.688. The topological polar surface area (TPSA) is 52.3 Å². The van der Waals surface area contributed by atoms with Gasteiger partial charge in [-0.05, 0) is 19.1 Å². The van der Waals surface area contributed by atoms with E-state index < -0.39 is 0 Å². The van der Waals surface area contributed by atoms with Crippen molar-refractivity contribution in [1.29, 1.82) is 0 Å². The summed E-state index contributed by atoms with van der Waals surface area (Å²) in [7, 11) is 1.65. The molecule has 0 amide bonds. The van der Waals surface area contributed by atoms with Gasteiger partial charge in [-0.3, -0.25) is 9.38 Å². The van der Waals surface area contributed by atoms with Gasteiger partial charge in [-0.15, -0.1) is 10.2 Å². The lowest BCUT2D eigenvalue weighted by Gasteiger charge is -2.04. The number of benzene rings is 1. The van der Waals surface area contributed by atoms with Crippen LogP contribution in [0.25, 0.3) is 16.9 Å². The number of nitrogens with zero attached hydrogens (tertiary/aromatic N) is 4. The molecule has 0 aliphatic rings. The number of aromatic nitrogens is 4. The molecule has 0 aliphatic carbocycles. The number of methoxy groups -OCH3 is 1. The molecule has 5 nitrogen and oxygen atoms in total. The molecule has 18 heavy (non-hydrogen) atoms. The van der Waals surface area contributed by atoms with Crippen LogP contribution < -0.4 is 4.74 Å². The Morgan fingerprint density at radius 1 is 1.22 bits per heavy atom. The number of hydrogen-bond acceptors (Lipinski definition) is 4. The van der Waals surface area contributed by atoms with E-state index in [0.717, 1.165) is 28.5 Å². The van der Waals surface area contributed by atoms with E-state index in [2.05, 4.69) is 15.2 Å². The van der Waals surface area contributed by atoms with E-state index in [9.17, 15) is 0 Å². The van der Waals surface area contributed by atoms with Crippen molar-refractivity contribution in [2.45, 2.75) is 6.92 Å². The first kappa shape index (κ1) is 10.7. The van der Waals surface area contributed by atoms with Gasteiger partial charge in [0.2, 0.25) is 0 Å². The molecule has 0 aliphatic heterocycles. The van der Waals surface area contributed by atoms with Gasteiger partial charge in [-0.1, -0.05) is 12.1 Å². The smallest absolute Gasteiger partial charge is 0.179 e. The molecular formula is C13H12N4O. The Labute approximate surface area is 104 Å². The minimum absolute atomic E-state index is 0.749. The average molecular weight is 240 g/mol. The summed E-state index contributed by atoms with van der Waals surface area (Å²) in [5.74, 6) is 1.66. The van der Waals surface area contributed by atoms with Crippen LogP contribution in [-0.2, 0) is 0 Å². The van der Waals surface area contributed by atoms with E-state index in [1.54, 1.807) is 13.3 Å². The highest BCUT2D eigenvalue weighted by Gasteiger charge is 2.05. The van der Waals surface area contributed by atoms with E-state index >= 15 is 0 Å². The Morgan fingerprint density at radius 3 is 2.94 bits per heavy atom. The van der Waals surface area contributed by atoms with Gasteiger partial charge in [0.15, 0.2) is 5.65 Å². The van der Waals surface area contributed by atoms with Crippen molar-refractivity contribution >= 4 is 5.65 Å². The van der Waals surface area contributed by atoms with Crippen LogP contribution in [0.5, 0.6) is 5.75 Å². The summed E-state index contributed by atoms with van der Waals surface area (Å²) in [6.07, 6.45) is 3.65. The molecule has 1 aromatic carbocycles. The van der Waals surface area contributed by atoms with E-state index in [1.165, 1.54) is 0 Å². The second-order valence-corrected chi connectivity index (χ2v) is 3.98. The predicted octanol–water partition coefficient (Wildman–Crippen LogP) is 2.11. The van der Waals surface area contributed by atoms with Crippen LogP contribution in [0, 0.1) is 6.92 Å². The molecule has 90 valence electrons. The molecule has 0 radical (unpaired) electrons. The summed E-state index contributed by atoms with van der Waals surface area (Å²) in [5.41, 5.74) is 2.62. The SMILES string of the molecule is COc1cccc(-c2cn3c(C)nnc3cn2)c1. The van der Waals surface area contributed by atoms with Crippen LogP contribution in [0.2, 0.25) is 0 Å². The van der Waals surface area contributed by atoms with E-state index in [-0.39, 0.29) is 0 Å². The molecule has 3 aromatic rings. The van der Waals surface area contributed by atoms with Crippen LogP contribution in [0.3, 0.4) is 0 Å². The molecule has 0 atom stereocenters. The predicted molar refractivity (Wildman–Crippen MR) is 67.5 cm³/mol. The molecule has 0 N–H and O–H groups in total. The van der Waals surface area contributed by atoms with Crippen molar-refractivity contribution in [3.05, 3.63) is 42.5 Å². The van der Waals surface area contributed by atoms with E-state index in [1.807, 2.05) is 41.8 Å². The summed E-state index contributed by atoms with van der Waals surface area (Å²) in [6.45, 7) is 1.91. The van der Waals surface area contributed by atoms with E-state index in [4.69, 9.17) is 4.74 Å². The molecular weight excluding hydrogens is 228 g/mol. The maximum Gasteiger partial charge on any atom is 0.179 e. The second kappa shape index (κ2) is 4.10. The Balaban J connectivity index is 2.15. The van der Waals surface area contributed by atoms with Gasteiger partial charge in [-0.2, -0.15) is 0 Å². The Hall–Kier alpha value is -2.43. The van der Waals surface area contributed by atoms with Crippen molar-refractivity contribution in [1.82, 2.24) is 19.6 Å². The molecule has 5 heteroatoms. The average Bonchev–Trinajstić information content (AvgIpc) is 2.80. The summed E-state index contributed by atoms with van der Waals surface area (Å²) in [6, 6.07) is 7.80. The first-order valence-corrected chi connectivity index (χ1v) is 5.60. The molecule has 0 saturated heterocycles. The fourth-order valence-corrected chi connectivity index (χ4v) is 1.85. The highest BCUT2D eigenvalue weighted by Crippen LogP contribution is 2.22. The number of ether oxygens (including phenoxy) is 1. The van der Waals surface area contributed by atoms with Crippen molar-refractivity contribution in [2.75, 3.05) is 7.11 Å². The van der Waals surface area contributed by atoms with Gasteiger partial charge >= 0.3 is 0 Å². The number of hydrogen-bond donors (Lipinski definition) is 0. The van der Waals surface area contributed by atoms with Gasteiger partial charge < -0.3 is 4.74 Å². The van der Waals surface area contributed by atoms with Crippen LogP contribution in [-0.4, -0.2) is 26.7 Å². The number of aryl methyl sites for hydroxylation is 1. The molecule has 3 rings (SSSR count). The Bertz CT molecular complexity index is 705. The van der Waals surface area contributed by atoms with E-state index in [0.29, 0.717) is 0 Å². The number of fused-ring (bicyclic) bond motifs is 1. The highest BCUT2D eigenvalue weighted by atomic mass is 16.5. The van der Waals surface area contributed by atoms with Gasteiger partial charge in [-0.25, -0.2) is 0 Å². The molecule has 0 bridgehead atoms. The minimum Gasteiger partial charge on any atom is -0.497 e. The lowest BCUT2D eigenvalue weighted by Crippen LogP contribution is -1.93. The zero-order valence-electron chi connectivity index (χ0n) is 10.2. The Morgan fingerprint density at radius 2 is 2.11 bits per heavy atom. The molecule has 0 spiro atoms. The fourth-order valence-electron chi connectivity index (χ4n) is 1.85. The first-order valence-electron chi connectivity index (χ1n) is 5.60. The summed E-state index contributed by atoms with van der Waals surface area (Å²) < 4.78 is 7.13. The third-order valence-corrected chi connectivity index (χ3v) is 2.83. The first-order chi connectivity index (χ1) is 8.78. The standard InChI is InChI=1S/C13H12N4O/c1-9-15-16-13-7-14-12(8-17(9)13)10-4-3-5-11(6-10)18-2/h3-8H,1-2H3. The van der Waals surface area contributed by atoms with Gasteiger partial charge in [0.1, 0.15) is 11.6 Å². The third-order valence-electron chi connectivity index (χ3n) is 2.83. The monoisotopic (exact) mass is 240 g/mol. The summed E-state index contributed by atoms with van der Waals surface area (Å²) in [5, 5.41) is 8.03. The lowest BCUT2D eigenvalue weighted by atomic mass is 10.1. The third kappa shape index (κ3) is 1.69. The Kier molecular flexibility index (Phi) is 2.44. The zero-order chi connectivity index (χ0) is 12.5. The minimum atomic E-state index is 0.749. The molecule has 0 unspecified atom stereocenters. The van der Waals surface area contributed by atoms with Crippen LogP contribution in [0.1, 0.15) is 5.82 Å². The van der Waals surface area contributed by atoms with Crippen molar-refractivity contribution in [3.63, 3.8) is 0 Å². The van der Waals surface area contributed by atoms with Gasteiger partial charge in [0.25, 0.3) is 0 Å². The van der Waals surface area contributed by atoms with Crippen LogP contribution in [0.4, 0.5) is 0 Å². The van der Waals surface area contributed by atoms with Gasteiger partial charge in [0.05, 0.1) is 19.0 Å². The van der Waals surface area contributed by atoms with Crippen molar-refractivity contribution < 1.29 is 4.74 Å².